The lowest BCUT2D eigenvalue weighted by Crippen LogP contribution is -2.30. The molecule has 1 aromatic heterocycles. The van der Waals surface area contributed by atoms with E-state index in [0.29, 0.717) is 40.9 Å². The maximum atomic E-state index is 13.1. The quantitative estimate of drug-likeness (QED) is 0.650. The molecule has 1 aliphatic heterocycles. The number of likely N-dealkylation sites (tertiary alicyclic amines) is 1. The summed E-state index contributed by atoms with van der Waals surface area (Å²) in [6.07, 6.45) is 1.56. The summed E-state index contributed by atoms with van der Waals surface area (Å²) in [5, 5.41) is 3.99. The van der Waals surface area contributed by atoms with Crippen LogP contribution in [0.25, 0.3) is 11.4 Å². The van der Waals surface area contributed by atoms with Gasteiger partial charge in [0.15, 0.2) is 11.5 Å². The van der Waals surface area contributed by atoms with Gasteiger partial charge in [-0.1, -0.05) is 5.16 Å². The zero-order chi connectivity index (χ0) is 20.4. The van der Waals surface area contributed by atoms with E-state index in [0.717, 1.165) is 12.8 Å². The molecule has 1 amide bonds. The molecule has 0 saturated carbocycles. The number of aromatic nitrogens is 2. The first-order valence-corrected chi connectivity index (χ1v) is 9.23. The molecule has 1 atom stereocenters. The van der Waals surface area contributed by atoms with Gasteiger partial charge in [-0.2, -0.15) is 4.98 Å². The van der Waals surface area contributed by atoms with Gasteiger partial charge < -0.3 is 18.9 Å². The molecule has 1 saturated heterocycles. The minimum absolute atomic E-state index is 0.144. The van der Waals surface area contributed by atoms with Crippen molar-refractivity contribution in [3.63, 3.8) is 0 Å². The first-order chi connectivity index (χ1) is 14.1. The molecule has 0 N–H and O–H groups in total. The molecule has 2 aromatic carbocycles. The summed E-state index contributed by atoms with van der Waals surface area (Å²) < 4.78 is 29.1. The van der Waals surface area contributed by atoms with Crippen molar-refractivity contribution in [1.82, 2.24) is 15.0 Å². The summed E-state index contributed by atoms with van der Waals surface area (Å²) >= 11 is 0. The summed E-state index contributed by atoms with van der Waals surface area (Å²) in [5.41, 5.74) is 1.14. The van der Waals surface area contributed by atoms with Crippen LogP contribution in [0, 0.1) is 5.82 Å². The normalized spacial score (nSPS) is 16.1. The highest BCUT2D eigenvalue weighted by Gasteiger charge is 2.35. The molecule has 4 rings (SSSR count). The van der Waals surface area contributed by atoms with Crippen molar-refractivity contribution in [1.29, 1.82) is 0 Å². The second-order valence-corrected chi connectivity index (χ2v) is 6.69. The molecule has 2 heterocycles. The van der Waals surface area contributed by atoms with E-state index in [-0.39, 0.29) is 17.8 Å². The van der Waals surface area contributed by atoms with E-state index in [1.807, 2.05) is 0 Å². The smallest absolute Gasteiger partial charge is 0.254 e. The van der Waals surface area contributed by atoms with Crippen molar-refractivity contribution >= 4 is 5.91 Å². The number of ether oxygens (including phenoxy) is 2. The Kier molecular flexibility index (Phi) is 5.16. The molecule has 29 heavy (non-hydrogen) atoms. The van der Waals surface area contributed by atoms with Crippen LogP contribution in [0.5, 0.6) is 11.5 Å². The maximum absolute atomic E-state index is 13.1. The van der Waals surface area contributed by atoms with Gasteiger partial charge in [0.1, 0.15) is 11.9 Å². The number of hydrogen-bond donors (Lipinski definition) is 0. The van der Waals surface area contributed by atoms with Crippen molar-refractivity contribution in [2.45, 2.75) is 18.9 Å². The van der Waals surface area contributed by atoms with Gasteiger partial charge in [0.25, 0.3) is 5.91 Å². The van der Waals surface area contributed by atoms with Crippen LogP contribution in [0.4, 0.5) is 4.39 Å². The van der Waals surface area contributed by atoms with Gasteiger partial charge in [0.2, 0.25) is 11.7 Å². The Morgan fingerprint density at radius 1 is 1.14 bits per heavy atom. The second kappa shape index (κ2) is 7.90. The van der Waals surface area contributed by atoms with Gasteiger partial charge >= 0.3 is 0 Å². The van der Waals surface area contributed by atoms with Crippen LogP contribution in [-0.4, -0.2) is 41.7 Å². The Balaban J connectivity index is 1.58. The molecule has 1 fully saturated rings. The largest absolute Gasteiger partial charge is 0.493 e. The lowest BCUT2D eigenvalue weighted by Gasteiger charge is -2.22. The molecule has 1 unspecified atom stereocenters. The Morgan fingerprint density at radius 3 is 2.62 bits per heavy atom. The Morgan fingerprint density at radius 2 is 1.90 bits per heavy atom. The summed E-state index contributed by atoms with van der Waals surface area (Å²) in [4.78, 5) is 19.3. The number of carbonyl (C=O) groups is 1. The number of rotatable bonds is 5. The summed E-state index contributed by atoms with van der Waals surface area (Å²) in [6, 6.07) is 10.6. The maximum Gasteiger partial charge on any atom is 0.254 e. The number of amides is 1. The summed E-state index contributed by atoms with van der Waals surface area (Å²) in [5.74, 6) is 1.31. The topological polar surface area (TPSA) is 77.7 Å². The van der Waals surface area contributed by atoms with E-state index in [2.05, 4.69) is 10.1 Å². The first kappa shape index (κ1) is 18.9. The van der Waals surface area contributed by atoms with E-state index in [4.69, 9.17) is 14.0 Å². The van der Waals surface area contributed by atoms with Crippen molar-refractivity contribution in [3.8, 4) is 22.9 Å². The highest BCUT2D eigenvalue weighted by Crippen LogP contribution is 2.35. The van der Waals surface area contributed by atoms with Gasteiger partial charge in [-0.25, -0.2) is 4.39 Å². The van der Waals surface area contributed by atoms with Gasteiger partial charge in [0, 0.05) is 17.7 Å². The predicted molar refractivity (Wildman–Crippen MR) is 102 cm³/mol. The van der Waals surface area contributed by atoms with Crippen LogP contribution < -0.4 is 9.47 Å². The Hall–Kier alpha value is -3.42. The average Bonchev–Trinajstić information content (AvgIpc) is 3.42. The number of carbonyl (C=O) groups excluding carboxylic acids is 1. The lowest BCUT2D eigenvalue weighted by atomic mass is 10.1. The fraction of sp³-hybridized carbons (Fsp3) is 0.286. The van der Waals surface area contributed by atoms with Gasteiger partial charge in [0.05, 0.1) is 14.2 Å². The number of benzene rings is 2. The van der Waals surface area contributed by atoms with Gasteiger partial charge in [-0.3, -0.25) is 4.79 Å². The zero-order valence-electron chi connectivity index (χ0n) is 16.1. The number of hydrogen-bond acceptors (Lipinski definition) is 6. The predicted octanol–water partition coefficient (Wildman–Crippen LogP) is 3.87. The molecule has 0 aliphatic carbocycles. The molecule has 8 heteroatoms. The lowest BCUT2D eigenvalue weighted by molar-refractivity contribution is 0.0709. The highest BCUT2D eigenvalue weighted by atomic mass is 19.1. The van der Waals surface area contributed by atoms with Crippen LogP contribution in [0.3, 0.4) is 0 Å². The minimum atomic E-state index is -0.333. The Labute approximate surface area is 167 Å². The molecular weight excluding hydrogens is 377 g/mol. The van der Waals surface area contributed by atoms with Gasteiger partial charge in [-0.15, -0.1) is 0 Å². The van der Waals surface area contributed by atoms with E-state index >= 15 is 0 Å². The molecule has 0 bridgehead atoms. The number of halogens is 1. The van der Waals surface area contributed by atoms with E-state index in [1.165, 1.54) is 19.2 Å². The van der Waals surface area contributed by atoms with Crippen molar-refractivity contribution in [3.05, 3.63) is 59.7 Å². The molecule has 0 radical (unpaired) electrons. The SMILES string of the molecule is COc1ccc(C(=O)N2CCCC2c2nc(-c3ccc(F)cc3)no2)cc1OC. The molecule has 3 aromatic rings. The van der Waals surface area contributed by atoms with Crippen LogP contribution in [0.1, 0.15) is 35.1 Å². The van der Waals surface area contributed by atoms with Crippen molar-refractivity contribution < 1.29 is 23.2 Å². The second-order valence-electron chi connectivity index (χ2n) is 6.69. The minimum Gasteiger partial charge on any atom is -0.493 e. The third-order valence-corrected chi connectivity index (χ3v) is 4.97. The fourth-order valence-corrected chi connectivity index (χ4v) is 3.49. The van der Waals surface area contributed by atoms with Crippen molar-refractivity contribution in [2.75, 3.05) is 20.8 Å². The molecule has 150 valence electrons. The van der Waals surface area contributed by atoms with E-state index in [1.54, 1.807) is 42.3 Å². The van der Waals surface area contributed by atoms with Crippen LogP contribution in [0.2, 0.25) is 0 Å². The average molecular weight is 397 g/mol. The Bertz CT molecular complexity index is 1020. The number of methoxy groups -OCH3 is 2. The molecular formula is C21H20FN3O4. The summed E-state index contributed by atoms with van der Waals surface area (Å²) in [6.45, 7) is 0.589. The summed E-state index contributed by atoms with van der Waals surface area (Å²) in [7, 11) is 3.07. The van der Waals surface area contributed by atoms with Crippen LogP contribution in [0.15, 0.2) is 47.0 Å². The molecule has 7 nitrogen and oxygen atoms in total. The molecule has 0 spiro atoms. The molecule has 1 aliphatic rings. The van der Waals surface area contributed by atoms with Crippen molar-refractivity contribution in [2.24, 2.45) is 0 Å². The monoisotopic (exact) mass is 397 g/mol. The fourth-order valence-electron chi connectivity index (χ4n) is 3.49. The standard InChI is InChI=1S/C21H20FN3O4/c1-27-17-10-7-14(12-18(17)28-2)21(26)25-11-3-4-16(25)20-23-19(24-29-20)13-5-8-15(22)9-6-13/h5-10,12,16H,3-4,11H2,1-2H3. The van der Waals surface area contributed by atoms with Crippen LogP contribution >= 0.6 is 0 Å². The third kappa shape index (κ3) is 3.65. The highest BCUT2D eigenvalue weighted by molar-refractivity contribution is 5.95. The zero-order valence-corrected chi connectivity index (χ0v) is 16.1. The number of nitrogens with zero attached hydrogens (tertiary/aromatic N) is 3. The van der Waals surface area contributed by atoms with Crippen LogP contribution in [-0.2, 0) is 0 Å². The van der Waals surface area contributed by atoms with Gasteiger partial charge in [-0.05, 0) is 55.3 Å². The third-order valence-electron chi connectivity index (χ3n) is 4.97. The van der Waals surface area contributed by atoms with E-state index < -0.39 is 0 Å². The first-order valence-electron chi connectivity index (χ1n) is 9.23. The van der Waals surface area contributed by atoms with E-state index in [9.17, 15) is 9.18 Å².